The first-order valence-corrected chi connectivity index (χ1v) is 12.6. The molecular weight excluding hydrogens is 418 g/mol. The summed E-state index contributed by atoms with van der Waals surface area (Å²) in [6, 6.07) is 17.6. The Morgan fingerprint density at radius 2 is 1.62 bits per heavy atom. The van der Waals surface area contributed by atoms with Crippen LogP contribution in [0.3, 0.4) is 0 Å². The van der Waals surface area contributed by atoms with Crippen molar-refractivity contribution in [3.63, 3.8) is 0 Å². The van der Waals surface area contributed by atoms with Gasteiger partial charge in [0.05, 0.1) is 16.9 Å². The van der Waals surface area contributed by atoms with Gasteiger partial charge in [0, 0.05) is 51.5 Å². The summed E-state index contributed by atoms with van der Waals surface area (Å²) in [5.41, 5.74) is 8.92. The lowest BCUT2D eigenvalue weighted by Crippen LogP contribution is -2.48. The van der Waals surface area contributed by atoms with Crippen LogP contribution in [-0.4, -0.2) is 53.9 Å². The number of hydrogen-bond acceptors (Lipinski definition) is 4. The molecule has 0 bridgehead atoms. The zero-order valence-corrected chi connectivity index (χ0v) is 21.9. The van der Waals surface area contributed by atoms with Crippen molar-refractivity contribution in [1.82, 2.24) is 20.0 Å². The Morgan fingerprint density at radius 1 is 0.912 bits per heavy atom. The maximum atomic E-state index is 4.96. The van der Waals surface area contributed by atoms with E-state index < -0.39 is 0 Å². The number of benzene rings is 2. The van der Waals surface area contributed by atoms with Crippen molar-refractivity contribution in [2.45, 2.75) is 53.6 Å². The zero-order chi connectivity index (χ0) is 24.3. The molecule has 3 aromatic rings. The molecule has 1 fully saturated rings. The number of nitrogens with one attached hydrogen (secondary N) is 1. The number of aromatic nitrogens is 2. The van der Waals surface area contributed by atoms with E-state index in [-0.39, 0.29) is 5.54 Å². The molecule has 2 heterocycles. The second kappa shape index (κ2) is 10.3. The molecule has 34 heavy (non-hydrogen) atoms. The average molecular weight is 460 g/mol. The van der Waals surface area contributed by atoms with Crippen molar-refractivity contribution in [3.8, 4) is 11.3 Å². The first kappa shape index (κ1) is 24.5. The topological polar surface area (TPSA) is 36.3 Å². The third-order valence-corrected chi connectivity index (χ3v) is 6.94. The van der Waals surface area contributed by atoms with Crippen molar-refractivity contribution in [3.05, 3.63) is 70.9 Å². The Morgan fingerprint density at radius 3 is 2.29 bits per heavy atom. The van der Waals surface area contributed by atoms with E-state index in [2.05, 4.69) is 110 Å². The fourth-order valence-electron chi connectivity index (χ4n) is 4.70. The van der Waals surface area contributed by atoms with E-state index in [1.807, 2.05) is 0 Å². The molecule has 0 atom stereocenters. The van der Waals surface area contributed by atoms with Crippen LogP contribution in [0.15, 0.2) is 48.5 Å². The van der Waals surface area contributed by atoms with E-state index in [9.17, 15) is 0 Å². The molecule has 0 saturated carbocycles. The van der Waals surface area contributed by atoms with Crippen LogP contribution in [0.1, 0.15) is 43.2 Å². The monoisotopic (exact) mass is 459 g/mol. The molecule has 5 nitrogen and oxygen atoms in total. The van der Waals surface area contributed by atoms with E-state index in [1.54, 1.807) is 0 Å². The number of piperazine rings is 1. The van der Waals surface area contributed by atoms with Crippen molar-refractivity contribution in [2.24, 2.45) is 0 Å². The Labute approximate surface area is 205 Å². The molecule has 1 saturated heterocycles. The molecule has 1 aliphatic heterocycles. The summed E-state index contributed by atoms with van der Waals surface area (Å²) in [5.74, 6) is 0. The number of rotatable bonds is 7. The Balaban J connectivity index is 1.29. The second-order valence-corrected chi connectivity index (χ2v) is 10.7. The quantitative estimate of drug-likeness (QED) is 0.496. The summed E-state index contributed by atoms with van der Waals surface area (Å²) in [6.07, 6.45) is 0. The number of anilines is 1. The third-order valence-electron chi connectivity index (χ3n) is 6.94. The number of nitrogens with zero attached hydrogens (tertiary/aromatic N) is 4. The smallest absolute Gasteiger partial charge is 0.0769 e. The molecule has 1 aromatic heterocycles. The van der Waals surface area contributed by atoms with Crippen LogP contribution in [-0.2, 0) is 12.1 Å². The summed E-state index contributed by atoms with van der Waals surface area (Å²) in [5, 5.41) is 8.59. The molecule has 5 heteroatoms. The minimum atomic E-state index is -0.0617. The van der Waals surface area contributed by atoms with Crippen molar-refractivity contribution >= 4 is 5.69 Å². The average Bonchev–Trinajstić information content (AvgIpc) is 3.24. The molecule has 0 amide bonds. The van der Waals surface area contributed by atoms with Gasteiger partial charge < -0.3 is 10.2 Å². The molecule has 0 aliphatic carbocycles. The molecule has 0 spiro atoms. The van der Waals surface area contributed by atoms with Gasteiger partial charge in [-0.25, -0.2) is 0 Å². The van der Waals surface area contributed by atoms with Crippen LogP contribution in [0.2, 0.25) is 0 Å². The molecular formula is C29H41N5. The highest BCUT2D eigenvalue weighted by Crippen LogP contribution is 2.27. The molecule has 0 unspecified atom stereocenters. The van der Waals surface area contributed by atoms with Crippen LogP contribution in [0.5, 0.6) is 0 Å². The maximum Gasteiger partial charge on any atom is 0.0769 e. The van der Waals surface area contributed by atoms with Crippen LogP contribution in [0, 0.1) is 20.8 Å². The van der Waals surface area contributed by atoms with Crippen molar-refractivity contribution in [2.75, 3.05) is 44.2 Å². The predicted octanol–water partition coefficient (Wildman–Crippen LogP) is 5.14. The Bertz CT molecular complexity index is 1080. The van der Waals surface area contributed by atoms with Gasteiger partial charge in [-0.3, -0.25) is 9.58 Å². The lowest BCUT2D eigenvalue weighted by Gasteiger charge is -2.37. The van der Waals surface area contributed by atoms with E-state index in [4.69, 9.17) is 5.10 Å². The third kappa shape index (κ3) is 5.70. The minimum Gasteiger partial charge on any atom is -0.369 e. The summed E-state index contributed by atoms with van der Waals surface area (Å²) < 4.78 is 2.17. The van der Waals surface area contributed by atoms with Crippen molar-refractivity contribution < 1.29 is 0 Å². The molecule has 4 rings (SSSR count). The first-order chi connectivity index (χ1) is 16.2. The lowest BCUT2D eigenvalue weighted by atomic mass is 10.1. The van der Waals surface area contributed by atoms with Gasteiger partial charge in [0.15, 0.2) is 0 Å². The molecule has 182 valence electrons. The molecule has 2 aromatic carbocycles. The van der Waals surface area contributed by atoms with Gasteiger partial charge in [-0.2, -0.15) is 5.10 Å². The van der Waals surface area contributed by atoms with Crippen LogP contribution < -0.4 is 10.2 Å². The van der Waals surface area contributed by atoms with Gasteiger partial charge in [0.1, 0.15) is 0 Å². The highest BCUT2D eigenvalue weighted by molar-refractivity contribution is 5.61. The summed E-state index contributed by atoms with van der Waals surface area (Å²) in [4.78, 5) is 5.11. The van der Waals surface area contributed by atoms with Gasteiger partial charge in [0.25, 0.3) is 0 Å². The van der Waals surface area contributed by atoms with E-state index in [0.29, 0.717) is 0 Å². The fraction of sp³-hybridized carbons (Fsp3) is 0.483. The Kier molecular flexibility index (Phi) is 7.44. The highest BCUT2D eigenvalue weighted by Gasteiger charge is 2.21. The Hall–Kier alpha value is -2.63. The van der Waals surface area contributed by atoms with E-state index in [0.717, 1.165) is 51.5 Å². The highest BCUT2D eigenvalue weighted by atomic mass is 15.3. The fourth-order valence-corrected chi connectivity index (χ4v) is 4.70. The van der Waals surface area contributed by atoms with Gasteiger partial charge in [-0.1, -0.05) is 42.0 Å². The molecule has 1 aliphatic rings. The van der Waals surface area contributed by atoms with Gasteiger partial charge in [0.2, 0.25) is 0 Å². The number of hydrogen-bond donors (Lipinski definition) is 1. The van der Waals surface area contributed by atoms with E-state index in [1.165, 1.54) is 33.6 Å². The molecule has 0 radical (unpaired) electrons. The van der Waals surface area contributed by atoms with E-state index >= 15 is 0 Å². The first-order valence-electron chi connectivity index (χ1n) is 12.6. The summed E-state index contributed by atoms with van der Waals surface area (Å²) in [7, 11) is 0. The normalized spacial score (nSPS) is 15.2. The van der Waals surface area contributed by atoms with Crippen LogP contribution in [0.4, 0.5) is 5.69 Å². The maximum absolute atomic E-state index is 4.96. The standard InChI is InChI=1S/C29H41N5/c1-22-10-12-25(13-11-22)28-20-26(31-34(28)29(4,5)6)21-30-14-15-32-16-18-33(19-17-32)27-9-7-8-23(2)24(27)3/h7-13,20,30H,14-19,21H2,1-6H3. The molecule has 1 N–H and O–H groups in total. The zero-order valence-electron chi connectivity index (χ0n) is 21.9. The van der Waals surface area contributed by atoms with Gasteiger partial charge >= 0.3 is 0 Å². The number of aryl methyl sites for hydroxylation is 2. The van der Waals surface area contributed by atoms with Crippen LogP contribution in [0.25, 0.3) is 11.3 Å². The SMILES string of the molecule is Cc1ccc(-c2cc(CNCCN3CCN(c4cccc(C)c4C)CC3)nn2C(C)(C)C)cc1. The van der Waals surface area contributed by atoms with Gasteiger partial charge in [-0.15, -0.1) is 0 Å². The summed E-state index contributed by atoms with van der Waals surface area (Å²) >= 11 is 0. The minimum absolute atomic E-state index is 0.0617. The second-order valence-electron chi connectivity index (χ2n) is 10.7. The van der Waals surface area contributed by atoms with Crippen molar-refractivity contribution in [1.29, 1.82) is 0 Å². The largest absolute Gasteiger partial charge is 0.369 e. The summed E-state index contributed by atoms with van der Waals surface area (Å²) in [6.45, 7) is 20.5. The lowest BCUT2D eigenvalue weighted by molar-refractivity contribution is 0.257. The van der Waals surface area contributed by atoms with Gasteiger partial charge in [-0.05, 0) is 70.4 Å². The van der Waals surface area contributed by atoms with Crippen LogP contribution >= 0.6 is 0 Å². The predicted molar refractivity (Wildman–Crippen MR) is 144 cm³/mol.